The van der Waals surface area contributed by atoms with Crippen LogP contribution in [0.1, 0.15) is 70.9 Å². The van der Waals surface area contributed by atoms with E-state index in [2.05, 4.69) is 73.5 Å². The number of alkyl halides is 1. The number of benzodiazepines with no additional fused rings is 1. The van der Waals surface area contributed by atoms with Gasteiger partial charge in [-0.05, 0) is 69.4 Å². The van der Waals surface area contributed by atoms with Crippen LogP contribution in [0.3, 0.4) is 0 Å². The standard InChI is InChI=1S/C37H41ClFN5/c1-7-24(3)34(40-26(5)25(4)33-21-31(42-43-33)19-28-13-11-12-23(2)18-28)22-44-27(6)37(39)41-36(29-14-9-8-10-15-29)32-20-30(38)16-17-35(32)44/h8-10,13-18,20,26,37,40H,4,6-7,11-12,19,21-22H2,1-3,5H3/b34-24-. The Labute approximate surface area is 266 Å². The highest BCUT2D eigenvalue weighted by atomic mass is 35.5. The minimum atomic E-state index is -1.62. The molecule has 3 aliphatic rings. The Hall–Kier alpha value is -4.03. The number of nitrogens with zero attached hydrogens (tertiary/aromatic N) is 4. The summed E-state index contributed by atoms with van der Waals surface area (Å²) in [4.78, 5) is 6.40. The lowest BCUT2D eigenvalue weighted by atomic mass is 9.94. The summed E-state index contributed by atoms with van der Waals surface area (Å²) in [5.41, 5.74) is 10.9. The molecule has 228 valence electrons. The van der Waals surface area contributed by atoms with Gasteiger partial charge in [-0.3, -0.25) is 0 Å². The first-order chi connectivity index (χ1) is 21.1. The van der Waals surface area contributed by atoms with Crippen LogP contribution in [-0.4, -0.2) is 36.0 Å². The van der Waals surface area contributed by atoms with E-state index < -0.39 is 6.30 Å². The minimum Gasteiger partial charge on any atom is -0.380 e. The Kier molecular flexibility index (Phi) is 9.80. The average molecular weight is 610 g/mol. The van der Waals surface area contributed by atoms with Crippen LogP contribution in [0.15, 0.2) is 123 Å². The van der Waals surface area contributed by atoms with Crippen molar-refractivity contribution in [1.82, 2.24) is 5.32 Å². The Morgan fingerprint density at radius 2 is 1.95 bits per heavy atom. The van der Waals surface area contributed by atoms with Gasteiger partial charge in [0.25, 0.3) is 0 Å². The van der Waals surface area contributed by atoms with E-state index in [0.717, 1.165) is 70.8 Å². The maximum Gasteiger partial charge on any atom is 0.230 e. The second-order valence-corrected chi connectivity index (χ2v) is 12.2. The first kappa shape index (κ1) is 31.4. The molecule has 2 aromatic carbocycles. The van der Waals surface area contributed by atoms with Gasteiger partial charge in [0, 0.05) is 40.7 Å². The third-order valence-electron chi connectivity index (χ3n) is 8.53. The van der Waals surface area contributed by atoms with Gasteiger partial charge in [0.2, 0.25) is 6.30 Å². The maximum atomic E-state index is 15.8. The fraction of sp³-hybridized carbons (Fsp3) is 0.324. The monoisotopic (exact) mass is 609 g/mol. The molecule has 0 fully saturated rings. The molecule has 1 aliphatic carbocycles. The molecule has 1 N–H and O–H groups in total. The van der Waals surface area contributed by atoms with Gasteiger partial charge in [-0.1, -0.05) is 85.3 Å². The molecule has 0 bridgehead atoms. The van der Waals surface area contributed by atoms with Gasteiger partial charge in [-0.25, -0.2) is 9.38 Å². The summed E-state index contributed by atoms with van der Waals surface area (Å²) in [5, 5.41) is 13.3. The van der Waals surface area contributed by atoms with E-state index in [0.29, 0.717) is 23.7 Å². The Morgan fingerprint density at radius 1 is 1.18 bits per heavy atom. The predicted molar refractivity (Wildman–Crippen MR) is 185 cm³/mol. The van der Waals surface area contributed by atoms with E-state index in [4.69, 9.17) is 11.6 Å². The fourth-order valence-electron chi connectivity index (χ4n) is 5.72. The van der Waals surface area contributed by atoms with Crippen LogP contribution >= 0.6 is 11.6 Å². The molecule has 2 heterocycles. The van der Waals surface area contributed by atoms with Crippen LogP contribution in [0.4, 0.5) is 10.1 Å². The SMILES string of the molecule is C=C(C1=NN=C(CC2=CCCC(C)=C2)C1)C(C)N/C(CN1C(=C)C(F)N=C(c2ccccc2)c2cc(Cl)ccc21)=C(/C)CC. The Bertz CT molecular complexity index is 1640. The lowest BCUT2D eigenvalue weighted by Crippen LogP contribution is -2.38. The number of aliphatic imine (C=N–C) groups is 1. The molecule has 5 nitrogen and oxygen atoms in total. The van der Waals surface area contributed by atoms with Gasteiger partial charge in [-0.15, -0.1) is 0 Å². The number of rotatable bonds is 10. The van der Waals surface area contributed by atoms with E-state index in [-0.39, 0.29) is 11.7 Å². The molecule has 0 aromatic heterocycles. The van der Waals surface area contributed by atoms with Crippen molar-refractivity contribution in [3.8, 4) is 0 Å². The number of anilines is 1. The number of benzene rings is 2. The molecule has 0 saturated carbocycles. The molecule has 2 aromatic rings. The van der Waals surface area contributed by atoms with Gasteiger partial charge in [0.15, 0.2) is 0 Å². The Balaban J connectivity index is 1.35. The fourth-order valence-corrected chi connectivity index (χ4v) is 5.89. The molecule has 0 spiro atoms. The summed E-state index contributed by atoms with van der Waals surface area (Å²) >= 11 is 6.47. The van der Waals surface area contributed by atoms with Crippen LogP contribution < -0.4 is 10.2 Å². The van der Waals surface area contributed by atoms with Gasteiger partial charge in [-0.2, -0.15) is 10.2 Å². The zero-order valence-corrected chi connectivity index (χ0v) is 26.9. The number of hydrogen-bond acceptors (Lipinski definition) is 5. The normalized spacial score (nSPS) is 19.5. The largest absolute Gasteiger partial charge is 0.380 e. The van der Waals surface area contributed by atoms with Crippen molar-refractivity contribution in [2.24, 2.45) is 15.2 Å². The molecular formula is C37H41ClFN5. The zero-order valence-electron chi connectivity index (χ0n) is 26.1. The summed E-state index contributed by atoms with van der Waals surface area (Å²) in [6.07, 6.45) is 7.51. The molecule has 2 aliphatic heterocycles. The molecule has 0 radical (unpaired) electrons. The number of allylic oxidation sites excluding steroid dienone is 5. The maximum absolute atomic E-state index is 15.8. The van der Waals surface area contributed by atoms with Crippen molar-refractivity contribution in [2.75, 3.05) is 11.4 Å². The molecule has 0 amide bonds. The lowest BCUT2D eigenvalue weighted by Gasteiger charge is -2.31. The molecule has 7 heteroatoms. The second kappa shape index (κ2) is 13.7. The van der Waals surface area contributed by atoms with Gasteiger partial charge < -0.3 is 10.2 Å². The number of hydrogen-bond donors (Lipinski definition) is 1. The first-order valence-corrected chi connectivity index (χ1v) is 15.7. The molecule has 2 unspecified atom stereocenters. The van der Waals surface area contributed by atoms with Crippen LogP contribution in [0.25, 0.3) is 0 Å². The van der Waals surface area contributed by atoms with Crippen LogP contribution in [0.2, 0.25) is 5.02 Å². The first-order valence-electron chi connectivity index (χ1n) is 15.3. The van der Waals surface area contributed by atoms with Crippen LogP contribution in [0.5, 0.6) is 0 Å². The summed E-state index contributed by atoms with van der Waals surface area (Å²) < 4.78 is 15.8. The quantitative estimate of drug-likeness (QED) is 0.273. The van der Waals surface area contributed by atoms with Crippen LogP contribution in [-0.2, 0) is 0 Å². The number of nitrogens with one attached hydrogen (secondary N) is 1. The van der Waals surface area contributed by atoms with Gasteiger partial charge in [0.05, 0.1) is 35.1 Å². The summed E-state index contributed by atoms with van der Waals surface area (Å²) in [7, 11) is 0. The summed E-state index contributed by atoms with van der Waals surface area (Å²) in [5.74, 6) is 0. The summed E-state index contributed by atoms with van der Waals surface area (Å²) in [6, 6.07) is 15.1. The van der Waals surface area contributed by atoms with Crippen molar-refractivity contribution in [2.45, 2.75) is 72.1 Å². The van der Waals surface area contributed by atoms with Gasteiger partial charge in [0.1, 0.15) is 0 Å². The average Bonchev–Trinajstić information content (AvgIpc) is 3.46. The van der Waals surface area contributed by atoms with Crippen molar-refractivity contribution in [3.63, 3.8) is 0 Å². The summed E-state index contributed by atoms with van der Waals surface area (Å²) in [6.45, 7) is 17.4. The number of halogens is 2. The topological polar surface area (TPSA) is 52.4 Å². The van der Waals surface area contributed by atoms with Crippen molar-refractivity contribution in [3.05, 3.63) is 124 Å². The Morgan fingerprint density at radius 3 is 2.68 bits per heavy atom. The predicted octanol–water partition coefficient (Wildman–Crippen LogP) is 9.28. The molecule has 2 atom stereocenters. The van der Waals surface area contributed by atoms with E-state index in [1.165, 1.54) is 11.1 Å². The molecule has 5 rings (SSSR count). The van der Waals surface area contributed by atoms with Crippen molar-refractivity contribution in [1.29, 1.82) is 0 Å². The number of fused-ring (bicyclic) bond motifs is 1. The van der Waals surface area contributed by atoms with E-state index in [1.807, 2.05) is 53.4 Å². The second-order valence-electron chi connectivity index (χ2n) is 11.8. The van der Waals surface area contributed by atoms with E-state index in [1.54, 1.807) is 0 Å². The lowest BCUT2D eigenvalue weighted by molar-refractivity contribution is 0.391. The molecule has 0 saturated heterocycles. The smallest absolute Gasteiger partial charge is 0.230 e. The van der Waals surface area contributed by atoms with Crippen LogP contribution in [0, 0.1) is 0 Å². The van der Waals surface area contributed by atoms with Crippen molar-refractivity contribution >= 4 is 34.4 Å². The van der Waals surface area contributed by atoms with E-state index >= 15 is 4.39 Å². The molecule has 44 heavy (non-hydrogen) atoms. The third-order valence-corrected chi connectivity index (χ3v) is 8.77. The zero-order chi connectivity index (χ0) is 31.4. The highest BCUT2D eigenvalue weighted by Crippen LogP contribution is 2.35. The van der Waals surface area contributed by atoms with Gasteiger partial charge >= 0.3 is 0 Å². The molecular weight excluding hydrogens is 569 g/mol. The highest BCUT2D eigenvalue weighted by Gasteiger charge is 2.30. The highest BCUT2D eigenvalue weighted by molar-refractivity contribution is 6.31. The van der Waals surface area contributed by atoms with E-state index in [9.17, 15) is 0 Å². The van der Waals surface area contributed by atoms with Crippen molar-refractivity contribution < 1.29 is 4.39 Å². The minimum absolute atomic E-state index is 0.113. The third kappa shape index (κ3) is 7.02.